The summed E-state index contributed by atoms with van der Waals surface area (Å²) in [7, 11) is 0. The van der Waals surface area contributed by atoms with Crippen molar-refractivity contribution in [2.75, 3.05) is 0 Å². The molecule has 0 aliphatic carbocycles. The van der Waals surface area contributed by atoms with Crippen molar-refractivity contribution in [3.8, 4) is 0 Å². The summed E-state index contributed by atoms with van der Waals surface area (Å²) in [6, 6.07) is 0. The zero-order chi connectivity index (χ0) is 9.02. The van der Waals surface area contributed by atoms with Crippen LogP contribution in [0.15, 0.2) is 12.2 Å². The van der Waals surface area contributed by atoms with Gasteiger partial charge in [0.1, 0.15) is 0 Å². The van der Waals surface area contributed by atoms with E-state index in [-0.39, 0.29) is 11.3 Å². The quantitative estimate of drug-likeness (QED) is 0.396. The summed E-state index contributed by atoms with van der Waals surface area (Å²) in [6.45, 7) is 7.35. The van der Waals surface area contributed by atoms with Gasteiger partial charge in [0, 0.05) is 11.3 Å². The van der Waals surface area contributed by atoms with Gasteiger partial charge in [0.05, 0.1) is 0 Å². The second kappa shape index (κ2) is 4.29. The van der Waals surface area contributed by atoms with Crippen LogP contribution in [0.25, 0.3) is 0 Å². The van der Waals surface area contributed by atoms with Gasteiger partial charge >= 0.3 is 0 Å². The molecule has 3 heteroatoms. The van der Waals surface area contributed by atoms with Gasteiger partial charge in [-0.1, -0.05) is 20.4 Å². The van der Waals surface area contributed by atoms with Crippen LogP contribution < -0.4 is 0 Å². The van der Waals surface area contributed by atoms with Crippen LogP contribution in [0.5, 0.6) is 0 Å². The van der Waals surface area contributed by atoms with E-state index in [2.05, 4.69) is 6.58 Å². The number of allylic oxidation sites excluding steroid dienone is 1. The van der Waals surface area contributed by atoms with Crippen molar-refractivity contribution in [2.24, 2.45) is 5.92 Å². The third-order valence-electron chi connectivity index (χ3n) is 1.21. The molecule has 0 aromatic rings. The van der Waals surface area contributed by atoms with Crippen LogP contribution in [0.3, 0.4) is 0 Å². The Morgan fingerprint density at radius 2 is 2.09 bits per heavy atom. The number of hydrogen-bond donors (Lipinski definition) is 1. The summed E-state index contributed by atoms with van der Waals surface area (Å²) in [5.41, 5.74) is 0.348. The van der Waals surface area contributed by atoms with Crippen LogP contribution in [-0.2, 0) is 4.79 Å². The van der Waals surface area contributed by atoms with Gasteiger partial charge in [0.2, 0.25) is 0 Å². The summed E-state index contributed by atoms with van der Waals surface area (Å²) in [4.78, 5) is 10.5. The predicted octanol–water partition coefficient (Wildman–Crippen LogP) is 2.37. The van der Waals surface area contributed by atoms with E-state index < -0.39 is 5.24 Å². The lowest BCUT2D eigenvalue weighted by molar-refractivity contribution is -0.108. The van der Waals surface area contributed by atoms with Crippen LogP contribution >= 0.6 is 11.6 Å². The Morgan fingerprint density at radius 3 is 2.36 bits per heavy atom. The summed E-state index contributed by atoms with van der Waals surface area (Å²) in [5.74, 6) is 0.357. The monoisotopic (exact) mass is 173 g/mol. The lowest BCUT2D eigenvalue weighted by atomic mass is 10.0. The molecule has 0 rings (SSSR count). The third kappa shape index (κ3) is 3.94. The highest BCUT2D eigenvalue weighted by molar-refractivity contribution is 6.70. The molecule has 0 bridgehead atoms. The van der Waals surface area contributed by atoms with Gasteiger partial charge in [0.25, 0.3) is 5.24 Å². The molecule has 0 saturated carbocycles. The molecule has 0 aliphatic rings. The number of rotatable bonds is 4. The number of halogens is 1. The van der Waals surface area contributed by atoms with Gasteiger partial charge in [-0.15, -0.1) is 0 Å². The Bertz CT molecular complexity index is 196. The van der Waals surface area contributed by atoms with Gasteiger partial charge < -0.3 is 5.41 Å². The number of nitrogens with one attached hydrogen (secondary N) is 1. The molecule has 0 radical (unpaired) electrons. The molecule has 1 N–H and O–H groups in total. The maximum Gasteiger partial charge on any atom is 0.253 e. The smallest absolute Gasteiger partial charge is 0.253 e. The van der Waals surface area contributed by atoms with Gasteiger partial charge in [0.15, 0.2) is 0 Å². The second-order valence-electron chi connectivity index (χ2n) is 2.83. The summed E-state index contributed by atoms with van der Waals surface area (Å²) >= 11 is 5.13. The van der Waals surface area contributed by atoms with E-state index >= 15 is 0 Å². The molecular formula is C8H12ClNO. The number of hydrogen-bond acceptors (Lipinski definition) is 2. The first kappa shape index (κ1) is 10.4. The molecule has 0 atom stereocenters. The van der Waals surface area contributed by atoms with Gasteiger partial charge in [-0.3, -0.25) is 4.79 Å². The Balaban J connectivity index is 4.05. The summed E-state index contributed by atoms with van der Waals surface area (Å²) in [6.07, 6.45) is 0.553. The number of carbonyl (C=O) groups excluding carboxylic acids is 1. The molecule has 11 heavy (non-hydrogen) atoms. The molecule has 0 heterocycles. The largest absolute Gasteiger partial charge is 0.305 e. The molecule has 0 aromatic heterocycles. The molecule has 0 aromatic carbocycles. The van der Waals surface area contributed by atoms with E-state index in [1.807, 2.05) is 13.8 Å². The first-order valence-electron chi connectivity index (χ1n) is 3.41. The minimum absolute atomic E-state index is 0.111. The van der Waals surface area contributed by atoms with Gasteiger partial charge in [-0.05, 0) is 23.9 Å². The maximum absolute atomic E-state index is 10.5. The van der Waals surface area contributed by atoms with Crippen molar-refractivity contribution in [1.29, 1.82) is 5.41 Å². The molecule has 0 saturated heterocycles. The first-order chi connectivity index (χ1) is 4.95. The van der Waals surface area contributed by atoms with E-state index in [1.54, 1.807) is 0 Å². The Morgan fingerprint density at radius 1 is 1.64 bits per heavy atom. The van der Waals surface area contributed by atoms with E-state index in [1.165, 1.54) is 0 Å². The van der Waals surface area contributed by atoms with Crippen molar-refractivity contribution in [1.82, 2.24) is 0 Å². The average Bonchev–Trinajstić information content (AvgIpc) is 1.84. The fraction of sp³-hybridized carbons (Fsp3) is 0.500. The Hall–Kier alpha value is -0.630. The van der Waals surface area contributed by atoms with Crippen LogP contribution in [0.1, 0.15) is 20.3 Å². The Kier molecular flexibility index (Phi) is 4.04. The minimum atomic E-state index is -0.629. The zero-order valence-corrected chi connectivity index (χ0v) is 7.53. The summed E-state index contributed by atoms with van der Waals surface area (Å²) in [5, 5.41) is 6.72. The molecule has 0 aliphatic heterocycles. The molecule has 0 unspecified atom stereocenters. The Labute approximate surface area is 71.8 Å². The van der Waals surface area contributed by atoms with Gasteiger partial charge in [-0.2, -0.15) is 0 Å². The first-order valence-corrected chi connectivity index (χ1v) is 3.79. The molecular weight excluding hydrogens is 162 g/mol. The summed E-state index contributed by atoms with van der Waals surface area (Å²) < 4.78 is 0. The fourth-order valence-electron chi connectivity index (χ4n) is 0.650. The SMILES string of the molecule is C=C(C(=N)CC(C)C)C(=O)Cl. The highest BCUT2D eigenvalue weighted by Crippen LogP contribution is 2.08. The highest BCUT2D eigenvalue weighted by atomic mass is 35.5. The fourth-order valence-corrected chi connectivity index (χ4v) is 0.764. The van der Waals surface area contributed by atoms with Crippen LogP contribution in [-0.4, -0.2) is 11.0 Å². The van der Waals surface area contributed by atoms with E-state index in [9.17, 15) is 4.79 Å². The van der Waals surface area contributed by atoms with Crippen LogP contribution in [0, 0.1) is 11.3 Å². The maximum atomic E-state index is 10.5. The van der Waals surface area contributed by atoms with Crippen molar-refractivity contribution in [3.05, 3.63) is 12.2 Å². The third-order valence-corrected chi connectivity index (χ3v) is 1.44. The lowest BCUT2D eigenvalue weighted by Gasteiger charge is -2.05. The van der Waals surface area contributed by atoms with E-state index in [0.717, 1.165) is 0 Å². The van der Waals surface area contributed by atoms with Crippen LogP contribution in [0.2, 0.25) is 0 Å². The van der Waals surface area contributed by atoms with E-state index in [4.69, 9.17) is 17.0 Å². The highest BCUT2D eigenvalue weighted by Gasteiger charge is 2.10. The lowest BCUT2D eigenvalue weighted by Crippen LogP contribution is -2.08. The normalized spacial score (nSPS) is 9.82. The standard InChI is InChI=1S/C8H12ClNO/c1-5(2)4-7(10)6(3)8(9)11/h5,10H,3-4H2,1-2H3. The average molecular weight is 174 g/mol. The van der Waals surface area contributed by atoms with Crippen molar-refractivity contribution in [2.45, 2.75) is 20.3 Å². The molecule has 0 spiro atoms. The second-order valence-corrected chi connectivity index (χ2v) is 3.17. The predicted molar refractivity (Wildman–Crippen MR) is 47.2 cm³/mol. The molecule has 2 nitrogen and oxygen atoms in total. The topological polar surface area (TPSA) is 40.9 Å². The van der Waals surface area contributed by atoms with Crippen molar-refractivity contribution in [3.63, 3.8) is 0 Å². The number of carbonyl (C=O) groups is 1. The molecule has 0 amide bonds. The van der Waals surface area contributed by atoms with Crippen molar-refractivity contribution >= 4 is 22.6 Å². The minimum Gasteiger partial charge on any atom is -0.305 e. The van der Waals surface area contributed by atoms with Crippen molar-refractivity contribution < 1.29 is 4.79 Å². The molecule has 62 valence electrons. The van der Waals surface area contributed by atoms with Crippen LogP contribution in [0.4, 0.5) is 0 Å². The van der Waals surface area contributed by atoms with Gasteiger partial charge in [-0.25, -0.2) is 0 Å². The zero-order valence-electron chi connectivity index (χ0n) is 6.78. The molecule has 0 fully saturated rings. The van der Waals surface area contributed by atoms with E-state index in [0.29, 0.717) is 12.3 Å².